The molecule has 0 bridgehead atoms. The number of carbonyl (C=O) groups excluding carboxylic acids is 4. The van der Waals surface area contributed by atoms with Gasteiger partial charge in [0.2, 0.25) is 11.8 Å². The number of carbonyl (C=O) groups is 4. The molecule has 1 aliphatic heterocycles. The predicted molar refractivity (Wildman–Crippen MR) is 188 cm³/mol. The number of likely N-dealkylation sites (tertiary alicyclic amines) is 1. The van der Waals surface area contributed by atoms with Crippen LogP contribution in [-0.2, 0) is 14.4 Å². The maximum Gasteiger partial charge on any atom is 0.269 e. The van der Waals surface area contributed by atoms with Crippen LogP contribution in [0.15, 0.2) is 126 Å². The molecule has 1 atom stereocenters. The Balaban J connectivity index is 1.22. The summed E-state index contributed by atoms with van der Waals surface area (Å²) in [5.74, 6) is -0.159. The zero-order chi connectivity index (χ0) is 35.0. The molecule has 0 aliphatic carbocycles. The number of piperidine rings is 1. The number of nitrogens with one attached hydrogen (secondary N) is 2. The lowest BCUT2D eigenvalue weighted by atomic mass is 9.98. The van der Waals surface area contributed by atoms with Gasteiger partial charge in [0, 0.05) is 66.5 Å². The molecule has 6 rings (SSSR count). The van der Waals surface area contributed by atoms with Crippen LogP contribution in [0.25, 0.3) is 17.4 Å². The van der Waals surface area contributed by atoms with Crippen LogP contribution < -0.4 is 10.6 Å². The van der Waals surface area contributed by atoms with Gasteiger partial charge in [-0.2, -0.15) is 0 Å². The number of hydrogen-bond acceptors (Lipinski definition) is 8. The number of anilines is 2. The van der Waals surface area contributed by atoms with Crippen molar-refractivity contribution in [3.8, 4) is 11.3 Å². The summed E-state index contributed by atoms with van der Waals surface area (Å²) in [4.78, 5) is 65.1. The molecule has 0 saturated carbocycles. The van der Waals surface area contributed by atoms with Crippen molar-refractivity contribution >= 4 is 46.5 Å². The summed E-state index contributed by atoms with van der Waals surface area (Å²) in [5.41, 5.74) is 2.57. The topological polar surface area (TPSA) is 152 Å². The normalized spacial score (nSPS) is 13.9. The van der Waals surface area contributed by atoms with Crippen LogP contribution in [0.5, 0.6) is 0 Å². The van der Waals surface area contributed by atoms with Gasteiger partial charge < -0.3 is 15.1 Å². The molecule has 0 spiro atoms. The van der Waals surface area contributed by atoms with E-state index < -0.39 is 16.9 Å². The molecule has 50 heavy (non-hydrogen) atoms. The molecule has 1 unspecified atom stereocenters. The van der Waals surface area contributed by atoms with Gasteiger partial charge in [-0.1, -0.05) is 60.7 Å². The van der Waals surface area contributed by atoms with E-state index in [1.54, 1.807) is 66.7 Å². The summed E-state index contributed by atoms with van der Waals surface area (Å²) in [6, 6.07) is 31.2. The largest absolute Gasteiger partial charge is 0.457 e. The van der Waals surface area contributed by atoms with Gasteiger partial charge in [0.25, 0.3) is 5.69 Å². The van der Waals surface area contributed by atoms with Crippen molar-refractivity contribution in [2.75, 3.05) is 23.7 Å². The first-order valence-corrected chi connectivity index (χ1v) is 15.9. The molecule has 2 N–H and O–H groups in total. The number of amides is 2. The molecule has 0 radical (unpaired) electrons. The van der Waals surface area contributed by atoms with Crippen LogP contribution in [0, 0.1) is 10.1 Å². The highest BCUT2D eigenvalue weighted by Gasteiger charge is 2.31. The van der Waals surface area contributed by atoms with Crippen molar-refractivity contribution in [1.82, 2.24) is 4.90 Å². The third-order valence-corrected chi connectivity index (χ3v) is 8.30. The van der Waals surface area contributed by atoms with E-state index in [-0.39, 0.29) is 34.4 Å². The highest BCUT2D eigenvalue weighted by atomic mass is 16.6. The van der Waals surface area contributed by atoms with Crippen molar-refractivity contribution in [1.29, 1.82) is 0 Å². The summed E-state index contributed by atoms with van der Waals surface area (Å²) in [7, 11) is 0. The Morgan fingerprint density at radius 1 is 0.820 bits per heavy atom. The lowest BCUT2D eigenvalue weighted by Crippen LogP contribution is -2.42. The molecule has 2 amide bonds. The Labute approximate surface area is 287 Å². The third kappa shape index (κ3) is 7.97. The number of hydrogen-bond donors (Lipinski definition) is 2. The number of rotatable bonds is 11. The highest BCUT2D eigenvalue weighted by Crippen LogP contribution is 2.29. The second kappa shape index (κ2) is 15.2. The van der Waals surface area contributed by atoms with Gasteiger partial charge in [-0.05, 0) is 54.1 Å². The van der Waals surface area contributed by atoms with Crippen molar-refractivity contribution in [3.05, 3.63) is 154 Å². The Hall–Kier alpha value is -6.46. The molecular weight excluding hydrogens is 636 g/mol. The smallest absolute Gasteiger partial charge is 0.269 e. The van der Waals surface area contributed by atoms with E-state index in [1.807, 2.05) is 35.2 Å². The molecular formula is C39H32N4O7. The second-order valence-electron chi connectivity index (χ2n) is 11.7. The van der Waals surface area contributed by atoms with E-state index in [4.69, 9.17) is 4.42 Å². The SMILES string of the molecule is O=C1CCN(C(C(=O)Nc2ccc(NC(=O)/C=C/c3ccc(-c4ccc([N+](=O)[O-])cc4)o3)cc2C(=O)c2ccccc2)c2ccccc2)CC1. The Kier molecular flexibility index (Phi) is 10.2. The maximum atomic E-state index is 14.0. The van der Waals surface area contributed by atoms with Gasteiger partial charge in [0.1, 0.15) is 23.3 Å². The maximum absolute atomic E-state index is 14.0. The lowest BCUT2D eigenvalue weighted by molar-refractivity contribution is -0.384. The lowest BCUT2D eigenvalue weighted by Gasteiger charge is -2.33. The van der Waals surface area contributed by atoms with Gasteiger partial charge in [-0.15, -0.1) is 0 Å². The van der Waals surface area contributed by atoms with Crippen LogP contribution in [0.4, 0.5) is 17.1 Å². The molecule has 11 heteroatoms. The number of nitro benzene ring substituents is 1. The monoisotopic (exact) mass is 668 g/mol. The first kappa shape index (κ1) is 33.4. The first-order chi connectivity index (χ1) is 24.2. The van der Waals surface area contributed by atoms with Crippen LogP contribution in [0.2, 0.25) is 0 Å². The van der Waals surface area contributed by atoms with Gasteiger partial charge in [0.15, 0.2) is 5.78 Å². The van der Waals surface area contributed by atoms with Gasteiger partial charge >= 0.3 is 0 Å². The number of Topliss-reactive ketones (excluding diaryl/α,β-unsaturated/α-hetero) is 1. The molecule has 5 aromatic rings. The molecule has 1 aromatic heterocycles. The quantitative estimate of drug-likeness (QED) is 0.0656. The van der Waals surface area contributed by atoms with Crippen molar-refractivity contribution in [3.63, 3.8) is 0 Å². The van der Waals surface area contributed by atoms with Crippen LogP contribution in [0.1, 0.15) is 46.1 Å². The summed E-state index contributed by atoms with van der Waals surface area (Å²) in [5, 5.41) is 16.7. The fraction of sp³-hybridized carbons (Fsp3) is 0.128. The molecule has 11 nitrogen and oxygen atoms in total. The number of ketones is 2. The molecule has 1 saturated heterocycles. The average Bonchev–Trinajstić information content (AvgIpc) is 3.62. The Morgan fingerprint density at radius 3 is 2.18 bits per heavy atom. The van der Waals surface area contributed by atoms with E-state index in [0.29, 0.717) is 54.3 Å². The van der Waals surface area contributed by atoms with E-state index in [9.17, 15) is 29.3 Å². The number of furan rings is 1. The third-order valence-electron chi connectivity index (χ3n) is 8.30. The van der Waals surface area contributed by atoms with Crippen molar-refractivity contribution < 1.29 is 28.5 Å². The number of non-ortho nitro benzene ring substituents is 1. The minimum atomic E-state index is -0.684. The van der Waals surface area contributed by atoms with Crippen molar-refractivity contribution in [2.24, 2.45) is 0 Å². The van der Waals surface area contributed by atoms with Gasteiger partial charge in [-0.3, -0.25) is 34.2 Å². The fourth-order valence-electron chi connectivity index (χ4n) is 5.75. The standard InChI is InChI=1S/C39H32N4O7/c44-31-21-23-42(24-22-31)37(27-7-3-1-4-8-27)39(47)41-34-18-13-29(25-33(34)38(46)28-9-5-2-6-10-28)40-36(45)20-17-32-16-19-35(50-32)26-11-14-30(15-12-26)43(48)49/h1-20,25,37H,21-24H2,(H,40,45)(H,41,47)/b20-17+. The minimum Gasteiger partial charge on any atom is -0.457 e. The molecule has 1 fully saturated rings. The molecule has 4 aromatic carbocycles. The molecule has 1 aliphatic rings. The summed E-state index contributed by atoms with van der Waals surface area (Å²) in [6.07, 6.45) is 3.48. The summed E-state index contributed by atoms with van der Waals surface area (Å²) in [6.45, 7) is 0.882. The van der Waals surface area contributed by atoms with E-state index in [1.165, 1.54) is 30.4 Å². The van der Waals surface area contributed by atoms with E-state index in [0.717, 1.165) is 5.56 Å². The van der Waals surface area contributed by atoms with Gasteiger partial charge in [0.05, 0.1) is 10.6 Å². The van der Waals surface area contributed by atoms with E-state index >= 15 is 0 Å². The summed E-state index contributed by atoms with van der Waals surface area (Å²) < 4.78 is 5.78. The van der Waals surface area contributed by atoms with Gasteiger partial charge in [-0.25, -0.2) is 0 Å². The molecule has 250 valence electrons. The predicted octanol–water partition coefficient (Wildman–Crippen LogP) is 7.08. The number of benzene rings is 4. The zero-order valence-corrected chi connectivity index (χ0v) is 26.8. The number of nitro groups is 1. The second-order valence-corrected chi connectivity index (χ2v) is 11.7. The minimum absolute atomic E-state index is 0.0336. The average molecular weight is 669 g/mol. The molecule has 2 heterocycles. The Morgan fingerprint density at radius 2 is 1.50 bits per heavy atom. The van der Waals surface area contributed by atoms with Crippen LogP contribution in [0.3, 0.4) is 0 Å². The zero-order valence-electron chi connectivity index (χ0n) is 26.8. The van der Waals surface area contributed by atoms with Crippen LogP contribution in [-0.4, -0.2) is 46.3 Å². The fourth-order valence-corrected chi connectivity index (χ4v) is 5.75. The first-order valence-electron chi connectivity index (χ1n) is 15.9. The number of nitrogens with zero attached hydrogens (tertiary/aromatic N) is 2. The van der Waals surface area contributed by atoms with Crippen molar-refractivity contribution in [2.45, 2.75) is 18.9 Å². The highest BCUT2D eigenvalue weighted by molar-refractivity contribution is 6.15. The van der Waals surface area contributed by atoms with E-state index in [2.05, 4.69) is 10.6 Å². The van der Waals surface area contributed by atoms with Crippen LogP contribution >= 0.6 is 0 Å². The summed E-state index contributed by atoms with van der Waals surface area (Å²) >= 11 is 0. The Bertz CT molecular complexity index is 2060.